The lowest BCUT2D eigenvalue weighted by molar-refractivity contribution is -0.137. The second-order valence-corrected chi connectivity index (χ2v) is 7.86. The Bertz CT molecular complexity index is 641. The highest BCUT2D eigenvalue weighted by molar-refractivity contribution is 14.0. The Balaban J connectivity index is 0.00000420. The van der Waals surface area contributed by atoms with E-state index in [1.54, 1.807) is 13.1 Å². The van der Waals surface area contributed by atoms with E-state index in [1.807, 2.05) is 6.92 Å². The van der Waals surface area contributed by atoms with Crippen LogP contribution in [-0.2, 0) is 6.18 Å². The Morgan fingerprint density at radius 3 is 2.41 bits per heavy atom. The zero-order valence-electron chi connectivity index (χ0n) is 17.7. The number of nitrogens with zero attached hydrogens (tertiary/aromatic N) is 2. The number of guanidine groups is 1. The summed E-state index contributed by atoms with van der Waals surface area (Å²) < 4.78 is 38.7. The average Bonchev–Trinajstić information content (AvgIpc) is 2.66. The number of piperidine rings is 1. The van der Waals surface area contributed by atoms with Crippen molar-refractivity contribution < 1.29 is 13.2 Å². The molecule has 1 aliphatic heterocycles. The Labute approximate surface area is 189 Å². The lowest BCUT2D eigenvalue weighted by atomic mass is 9.96. The van der Waals surface area contributed by atoms with Crippen molar-refractivity contribution in [2.75, 3.05) is 26.7 Å². The van der Waals surface area contributed by atoms with Crippen LogP contribution >= 0.6 is 24.0 Å². The van der Waals surface area contributed by atoms with E-state index < -0.39 is 11.7 Å². The number of benzene rings is 1. The van der Waals surface area contributed by atoms with Crippen LogP contribution in [0.3, 0.4) is 0 Å². The molecule has 166 valence electrons. The van der Waals surface area contributed by atoms with Crippen molar-refractivity contribution in [3.8, 4) is 0 Å². The van der Waals surface area contributed by atoms with Crippen LogP contribution in [0, 0.1) is 0 Å². The van der Waals surface area contributed by atoms with Crippen LogP contribution in [0.2, 0.25) is 0 Å². The standard InChI is InChI=1S/C21H33F3N4.HI/c1-15(2)28-12-9-19(10-13-28)27-20(25-4)26-11-8-16(3)17-6-5-7-18(14-17)21(22,23)24;/h5-7,14-16,19H,8-13H2,1-4H3,(H2,25,26,27);1H. The molecule has 1 aliphatic rings. The van der Waals surface area contributed by atoms with Gasteiger partial charge in [0.05, 0.1) is 5.56 Å². The van der Waals surface area contributed by atoms with E-state index in [4.69, 9.17) is 0 Å². The summed E-state index contributed by atoms with van der Waals surface area (Å²) >= 11 is 0. The van der Waals surface area contributed by atoms with Gasteiger partial charge in [-0.05, 0) is 50.7 Å². The predicted molar refractivity (Wildman–Crippen MR) is 124 cm³/mol. The van der Waals surface area contributed by atoms with Crippen molar-refractivity contribution in [3.05, 3.63) is 35.4 Å². The molecule has 1 atom stereocenters. The van der Waals surface area contributed by atoms with Gasteiger partial charge in [-0.3, -0.25) is 4.99 Å². The van der Waals surface area contributed by atoms with E-state index in [0.29, 0.717) is 24.2 Å². The highest BCUT2D eigenvalue weighted by atomic mass is 127. The third kappa shape index (κ3) is 8.32. The third-order valence-corrected chi connectivity index (χ3v) is 5.48. The number of nitrogens with one attached hydrogen (secondary N) is 2. The Hall–Kier alpha value is -1.03. The maximum absolute atomic E-state index is 12.9. The summed E-state index contributed by atoms with van der Waals surface area (Å²) in [7, 11) is 1.74. The molecule has 8 heteroatoms. The summed E-state index contributed by atoms with van der Waals surface area (Å²) in [5.41, 5.74) is 0.121. The van der Waals surface area contributed by atoms with E-state index >= 15 is 0 Å². The fraction of sp³-hybridized carbons (Fsp3) is 0.667. The topological polar surface area (TPSA) is 39.7 Å². The van der Waals surface area contributed by atoms with Gasteiger partial charge >= 0.3 is 6.18 Å². The molecule has 1 fully saturated rings. The van der Waals surface area contributed by atoms with Crippen molar-refractivity contribution in [2.24, 2.45) is 4.99 Å². The smallest absolute Gasteiger partial charge is 0.356 e. The van der Waals surface area contributed by atoms with Crippen LogP contribution in [0.25, 0.3) is 0 Å². The van der Waals surface area contributed by atoms with Crippen LogP contribution in [0.15, 0.2) is 29.3 Å². The first-order valence-electron chi connectivity index (χ1n) is 10.1. The molecule has 2 N–H and O–H groups in total. The van der Waals surface area contributed by atoms with Crippen LogP contribution in [0.5, 0.6) is 0 Å². The number of halogens is 4. The lowest BCUT2D eigenvalue weighted by Crippen LogP contribution is -2.50. The molecule has 1 unspecified atom stereocenters. The lowest BCUT2D eigenvalue weighted by Gasteiger charge is -2.35. The molecule has 1 aromatic rings. The monoisotopic (exact) mass is 526 g/mol. The number of likely N-dealkylation sites (tertiary alicyclic amines) is 1. The summed E-state index contributed by atoms with van der Waals surface area (Å²) in [6, 6.07) is 6.59. The highest BCUT2D eigenvalue weighted by Crippen LogP contribution is 2.31. The normalized spacial score (nSPS) is 17.7. The SMILES string of the molecule is CN=C(NCCC(C)c1cccc(C(F)(F)F)c1)NC1CCN(C(C)C)CC1.I. The average molecular weight is 526 g/mol. The summed E-state index contributed by atoms with van der Waals surface area (Å²) in [4.78, 5) is 6.76. The second-order valence-electron chi connectivity index (χ2n) is 7.86. The van der Waals surface area contributed by atoms with Gasteiger partial charge in [0.1, 0.15) is 0 Å². The summed E-state index contributed by atoms with van der Waals surface area (Å²) in [5, 5.41) is 6.77. The van der Waals surface area contributed by atoms with Gasteiger partial charge in [-0.15, -0.1) is 24.0 Å². The number of aliphatic imine (C=N–C) groups is 1. The van der Waals surface area contributed by atoms with Crippen molar-refractivity contribution >= 4 is 29.9 Å². The zero-order valence-corrected chi connectivity index (χ0v) is 20.1. The largest absolute Gasteiger partial charge is 0.416 e. The predicted octanol–water partition coefficient (Wildman–Crippen LogP) is 4.85. The molecule has 1 aromatic carbocycles. The maximum Gasteiger partial charge on any atom is 0.416 e. The van der Waals surface area contributed by atoms with E-state index in [2.05, 4.69) is 34.4 Å². The molecule has 2 rings (SSSR count). The first kappa shape index (κ1) is 26.0. The molecule has 0 saturated carbocycles. The van der Waals surface area contributed by atoms with Gasteiger partial charge in [0, 0.05) is 38.8 Å². The minimum Gasteiger partial charge on any atom is -0.356 e. The molecule has 0 aliphatic carbocycles. The van der Waals surface area contributed by atoms with E-state index in [-0.39, 0.29) is 29.9 Å². The summed E-state index contributed by atoms with van der Waals surface area (Å²) in [6.07, 6.45) is -1.40. The molecule has 0 spiro atoms. The summed E-state index contributed by atoms with van der Waals surface area (Å²) in [6.45, 7) is 9.22. The molecule has 1 heterocycles. The van der Waals surface area contributed by atoms with Gasteiger partial charge in [-0.25, -0.2) is 0 Å². The Morgan fingerprint density at radius 1 is 1.21 bits per heavy atom. The van der Waals surface area contributed by atoms with Crippen LogP contribution < -0.4 is 10.6 Å². The number of hydrogen-bond donors (Lipinski definition) is 2. The van der Waals surface area contributed by atoms with Crippen LogP contribution in [0.1, 0.15) is 57.1 Å². The molecular weight excluding hydrogens is 492 g/mol. The molecule has 0 radical (unpaired) electrons. The number of rotatable bonds is 6. The van der Waals surface area contributed by atoms with Crippen molar-refractivity contribution in [1.29, 1.82) is 0 Å². The van der Waals surface area contributed by atoms with Gasteiger partial charge in [0.2, 0.25) is 0 Å². The minimum absolute atomic E-state index is 0. The van der Waals surface area contributed by atoms with Gasteiger partial charge in [-0.1, -0.05) is 25.1 Å². The van der Waals surface area contributed by atoms with Gasteiger partial charge in [0.15, 0.2) is 5.96 Å². The first-order valence-corrected chi connectivity index (χ1v) is 10.1. The van der Waals surface area contributed by atoms with E-state index in [1.165, 1.54) is 12.1 Å². The fourth-order valence-corrected chi connectivity index (χ4v) is 3.54. The Kier molecular flexibility index (Phi) is 10.7. The second kappa shape index (κ2) is 12.0. The third-order valence-electron chi connectivity index (χ3n) is 5.48. The first-order chi connectivity index (χ1) is 13.2. The van der Waals surface area contributed by atoms with E-state index in [9.17, 15) is 13.2 Å². The fourth-order valence-electron chi connectivity index (χ4n) is 3.54. The molecule has 0 aromatic heterocycles. The van der Waals surface area contributed by atoms with Crippen molar-refractivity contribution in [2.45, 2.75) is 64.2 Å². The van der Waals surface area contributed by atoms with Crippen LogP contribution in [0.4, 0.5) is 13.2 Å². The van der Waals surface area contributed by atoms with Gasteiger partial charge in [-0.2, -0.15) is 13.2 Å². The maximum atomic E-state index is 12.9. The van der Waals surface area contributed by atoms with Crippen molar-refractivity contribution in [1.82, 2.24) is 15.5 Å². The number of hydrogen-bond acceptors (Lipinski definition) is 2. The van der Waals surface area contributed by atoms with Crippen LogP contribution in [-0.4, -0.2) is 49.6 Å². The van der Waals surface area contributed by atoms with Gasteiger partial charge in [0.25, 0.3) is 0 Å². The quantitative estimate of drug-likeness (QED) is 0.316. The molecule has 29 heavy (non-hydrogen) atoms. The Morgan fingerprint density at radius 2 is 1.86 bits per heavy atom. The van der Waals surface area contributed by atoms with Gasteiger partial charge < -0.3 is 15.5 Å². The molecule has 0 amide bonds. The highest BCUT2D eigenvalue weighted by Gasteiger charge is 2.30. The molecular formula is C21H34F3IN4. The molecule has 0 bridgehead atoms. The molecule has 4 nitrogen and oxygen atoms in total. The van der Waals surface area contributed by atoms with E-state index in [0.717, 1.165) is 44.4 Å². The summed E-state index contributed by atoms with van der Waals surface area (Å²) in [5.74, 6) is 0.793. The minimum atomic E-state index is -4.30. The van der Waals surface area contributed by atoms with Crippen molar-refractivity contribution in [3.63, 3.8) is 0 Å². The zero-order chi connectivity index (χ0) is 20.7. The number of alkyl halides is 3. The molecule has 1 saturated heterocycles.